The van der Waals surface area contributed by atoms with Crippen molar-refractivity contribution in [2.24, 2.45) is 5.73 Å². The van der Waals surface area contributed by atoms with Gasteiger partial charge in [-0.05, 0) is 30.7 Å². The maximum atomic E-state index is 12.1. The predicted molar refractivity (Wildman–Crippen MR) is 82.9 cm³/mol. The number of aromatic nitrogens is 1. The molecule has 24 heavy (non-hydrogen) atoms. The van der Waals surface area contributed by atoms with Gasteiger partial charge in [-0.1, -0.05) is 23.7 Å². The second kappa shape index (κ2) is 6.96. The standard InChI is InChI=1S/C15H13ClF3N3O2/c1-8(9-2-4-11(5-3-9)24-15(17,18)19)22-14-12(16)6-10(7-21-14)13(20)23/h2-8H,1H3,(H2,20,23)(H,21,22)/t8-/m0/s1. The molecule has 0 spiro atoms. The molecule has 1 heterocycles. The predicted octanol–water partition coefficient (Wildman–Crippen LogP) is 3.91. The third-order valence-corrected chi connectivity index (χ3v) is 3.38. The first-order valence-electron chi connectivity index (χ1n) is 6.73. The van der Waals surface area contributed by atoms with Crippen molar-refractivity contribution in [2.75, 3.05) is 5.32 Å². The van der Waals surface area contributed by atoms with Crippen molar-refractivity contribution in [3.8, 4) is 5.75 Å². The Labute approximate surface area is 140 Å². The van der Waals surface area contributed by atoms with Crippen molar-refractivity contribution in [2.45, 2.75) is 19.3 Å². The highest BCUT2D eigenvalue weighted by Crippen LogP contribution is 2.27. The van der Waals surface area contributed by atoms with Gasteiger partial charge in [0.25, 0.3) is 0 Å². The Morgan fingerprint density at radius 1 is 1.33 bits per heavy atom. The third-order valence-electron chi connectivity index (χ3n) is 3.09. The molecule has 128 valence electrons. The van der Waals surface area contributed by atoms with Crippen LogP contribution in [0.2, 0.25) is 5.02 Å². The average Bonchev–Trinajstić information content (AvgIpc) is 2.48. The molecular formula is C15H13ClF3N3O2. The molecule has 1 aromatic carbocycles. The Bertz CT molecular complexity index is 736. The van der Waals surface area contributed by atoms with Crippen molar-refractivity contribution < 1.29 is 22.7 Å². The van der Waals surface area contributed by atoms with Gasteiger partial charge >= 0.3 is 6.36 Å². The number of benzene rings is 1. The number of halogens is 4. The summed E-state index contributed by atoms with van der Waals surface area (Å²) in [6, 6.07) is 6.49. The lowest BCUT2D eigenvalue weighted by Gasteiger charge is -2.17. The molecule has 0 aliphatic rings. The average molecular weight is 360 g/mol. The minimum atomic E-state index is -4.73. The molecule has 9 heteroatoms. The lowest BCUT2D eigenvalue weighted by Crippen LogP contribution is -2.17. The summed E-state index contributed by atoms with van der Waals surface area (Å²) in [5.41, 5.74) is 6.00. The number of carbonyl (C=O) groups is 1. The lowest BCUT2D eigenvalue weighted by molar-refractivity contribution is -0.274. The van der Waals surface area contributed by atoms with Crippen LogP contribution < -0.4 is 15.8 Å². The Morgan fingerprint density at radius 2 is 1.96 bits per heavy atom. The number of nitrogens with two attached hydrogens (primary N) is 1. The number of anilines is 1. The van der Waals surface area contributed by atoms with Crippen LogP contribution in [-0.4, -0.2) is 17.3 Å². The van der Waals surface area contributed by atoms with Gasteiger partial charge in [0.15, 0.2) is 0 Å². The number of carbonyl (C=O) groups excluding carboxylic acids is 1. The van der Waals surface area contributed by atoms with Gasteiger partial charge in [-0.2, -0.15) is 0 Å². The summed E-state index contributed by atoms with van der Waals surface area (Å²) in [7, 11) is 0. The van der Waals surface area contributed by atoms with Crippen LogP contribution in [0.1, 0.15) is 28.9 Å². The van der Waals surface area contributed by atoms with Crippen LogP contribution in [-0.2, 0) is 0 Å². The SMILES string of the molecule is C[C@H](Nc1ncc(C(N)=O)cc1Cl)c1ccc(OC(F)(F)F)cc1. The number of amides is 1. The zero-order valence-corrected chi connectivity index (χ0v) is 13.2. The maximum Gasteiger partial charge on any atom is 0.573 e. The molecule has 0 aliphatic carbocycles. The van der Waals surface area contributed by atoms with E-state index in [1.54, 1.807) is 6.92 Å². The monoisotopic (exact) mass is 359 g/mol. The zero-order valence-electron chi connectivity index (χ0n) is 12.4. The minimum Gasteiger partial charge on any atom is -0.406 e. The largest absolute Gasteiger partial charge is 0.573 e. The first-order chi connectivity index (χ1) is 11.2. The van der Waals surface area contributed by atoms with E-state index < -0.39 is 12.3 Å². The summed E-state index contributed by atoms with van der Waals surface area (Å²) in [5, 5.41) is 3.21. The second-order valence-electron chi connectivity index (χ2n) is 4.90. The van der Waals surface area contributed by atoms with Crippen molar-refractivity contribution >= 4 is 23.3 Å². The minimum absolute atomic E-state index is 0.173. The molecule has 0 saturated heterocycles. The Balaban J connectivity index is 2.09. The summed E-state index contributed by atoms with van der Waals surface area (Å²) in [6.07, 6.45) is -3.45. The van der Waals surface area contributed by atoms with Crippen LogP contribution in [0, 0.1) is 0 Å². The quantitative estimate of drug-likeness (QED) is 0.848. The van der Waals surface area contributed by atoms with Crippen molar-refractivity contribution in [1.29, 1.82) is 0 Å². The first-order valence-corrected chi connectivity index (χ1v) is 7.11. The van der Waals surface area contributed by atoms with Crippen LogP contribution in [0.3, 0.4) is 0 Å². The molecule has 2 aromatic rings. The van der Waals surface area contributed by atoms with E-state index in [9.17, 15) is 18.0 Å². The Kier molecular flexibility index (Phi) is 5.18. The van der Waals surface area contributed by atoms with E-state index in [0.717, 1.165) is 0 Å². The van der Waals surface area contributed by atoms with Crippen LogP contribution in [0.25, 0.3) is 0 Å². The molecule has 0 fully saturated rings. The molecule has 0 unspecified atom stereocenters. The molecule has 0 aliphatic heterocycles. The molecule has 1 aromatic heterocycles. The van der Waals surface area contributed by atoms with Crippen LogP contribution in [0.15, 0.2) is 36.5 Å². The molecular weight excluding hydrogens is 347 g/mol. The Morgan fingerprint density at radius 3 is 2.46 bits per heavy atom. The van der Waals surface area contributed by atoms with E-state index in [2.05, 4.69) is 15.0 Å². The van der Waals surface area contributed by atoms with E-state index in [-0.39, 0.29) is 22.4 Å². The van der Waals surface area contributed by atoms with E-state index in [1.807, 2.05) is 0 Å². The molecule has 0 bridgehead atoms. The van der Waals surface area contributed by atoms with Gasteiger partial charge < -0.3 is 15.8 Å². The number of pyridine rings is 1. The van der Waals surface area contributed by atoms with E-state index in [1.165, 1.54) is 36.5 Å². The number of primary amides is 1. The van der Waals surface area contributed by atoms with Gasteiger partial charge in [-0.15, -0.1) is 13.2 Å². The van der Waals surface area contributed by atoms with Crippen LogP contribution >= 0.6 is 11.6 Å². The third kappa shape index (κ3) is 4.76. The molecule has 2 rings (SSSR count). The zero-order chi connectivity index (χ0) is 17.9. The summed E-state index contributed by atoms with van der Waals surface area (Å²) in [4.78, 5) is 15.1. The van der Waals surface area contributed by atoms with Gasteiger partial charge in [0.1, 0.15) is 11.6 Å². The number of alkyl halides is 3. The van der Waals surface area contributed by atoms with Gasteiger partial charge in [0.05, 0.1) is 10.6 Å². The fraction of sp³-hybridized carbons (Fsp3) is 0.200. The van der Waals surface area contributed by atoms with Gasteiger partial charge in [0.2, 0.25) is 5.91 Å². The van der Waals surface area contributed by atoms with Crippen molar-refractivity contribution in [3.05, 3.63) is 52.7 Å². The molecule has 3 N–H and O–H groups in total. The fourth-order valence-corrected chi connectivity index (χ4v) is 2.15. The highest BCUT2D eigenvalue weighted by atomic mass is 35.5. The smallest absolute Gasteiger partial charge is 0.406 e. The number of nitrogens with zero attached hydrogens (tertiary/aromatic N) is 1. The number of rotatable bonds is 5. The highest BCUT2D eigenvalue weighted by Gasteiger charge is 2.31. The van der Waals surface area contributed by atoms with E-state index in [4.69, 9.17) is 17.3 Å². The fourth-order valence-electron chi connectivity index (χ4n) is 1.93. The summed E-state index contributed by atoms with van der Waals surface area (Å²) in [5.74, 6) is -0.630. The molecule has 0 saturated carbocycles. The summed E-state index contributed by atoms with van der Waals surface area (Å²) < 4.78 is 40.2. The van der Waals surface area contributed by atoms with Crippen molar-refractivity contribution in [3.63, 3.8) is 0 Å². The number of hydrogen-bond acceptors (Lipinski definition) is 4. The lowest BCUT2D eigenvalue weighted by atomic mass is 10.1. The Hall–Kier alpha value is -2.48. The van der Waals surface area contributed by atoms with Crippen LogP contribution in [0.5, 0.6) is 5.75 Å². The summed E-state index contributed by atoms with van der Waals surface area (Å²) >= 11 is 6.03. The normalized spacial score (nSPS) is 12.5. The molecule has 0 radical (unpaired) electrons. The molecule has 1 atom stereocenters. The molecule has 1 amide bonds. The number of ether oxygens (including phenoxy) is 1. The van der Waals surface area contributed by atoms with Gasteiger partial charge in [-0.25, -0.2) is 4.98 Å². The maximum absolute atomic E-state index is 12.1. The van der Waals surface area contributed by atoms with Gasteiger partial charge in [-0.3, -0.25) is 4.79 Å². The van der Waals surface area contributed by atoms with Gasteiger partial charge in [0, 0.05) is 12.2 Å². The first kappa shape index (κ1) is 17.9. The van der Waals surface area contributed by atoms with E-state index in [0.29, 0.717) is 11.4 Å². The number of hydrogen-bond donors (Lipinski definition) is 2. The highest BCUT2D eigenvalue weighted by molar-refractivity contribution is 6.33. The topological polar surface area (TPSA) is 77.2 Å². The summed E-state index contributed by atoms with van der Waals surface area (Å²) in [6.45, 7) is 1.78. The van der Waals surface area contributed by atoms with E-state index >= 15 is 0 Å². The number of nitrogens with one attached hydrogen (secondary N) is 1. The second-order valence-corrected chi connectivity index (χ2v) is 5.31. The molecule has 5 nitrogen and oxygen atoms in total. The van der Waals surface area contributed by atoms with Crippen LogP contribution in [0.4, 0.5) is 19.0 Å². The van der Waals surface area contributed by atoms with Crippen molar-refractivity contribution in [1.82, 2.24) is 4.98 Å².